The van der Waals surface area contributed by atoms with Crippen LogP contribution in [-0.4, -0.2) is 56.1 Å². The monoisotopic (exact) mass is 453 g/mol. The van der Waals surface area contributed by atoms with Gasteiger partial charge in [-0.1, -0.05) is 19.1 Å². The summed E-state index contributed by atoms with van der Waals surface area (Å²) < 4.78 is 39.0. The number of fused-ring (bicyclic) bond motifs is 1. The molecule has 7 nitrogen and oxygen atoms in total. The number of thiazole rings is 1. The lowest BCUT2D eigenvalue weighted by Gasteiger charge is -2.21. The number of hydrogen-bond acceptors (Lipinski definition) is 8. The van der Waals surface area contributed by atoms with E-state index in [0.717, 1.165) is 10.2 Å². The van der Waals surface area contributed by atoms with Crippen molar-refractivity contribution >= 4 is 33.3 Å². The van der Waals surface area contributed by atoms with Gasteiger partial charge in [0.1, 0.15) is 23.5 Å². The smallest absolute Gasteiger partial charge is 0.390 e. The molecule has 166 valence electrons. The third-order valence-corrected chi connectivity index (χ3v) is 6.39. The first-order chi connectivity index (χ1) is 14.6. The van der Waals surface area contributed by atoms with Crippen molar-refractivity contribution < 1.29 is 23.4 Å². The lowest BCUT2D eigenvalue weighted by atomic mass is 10.1. The highest BCUT2D eigenvalue weighted by Gasteiger charge is 2.39. The molecule has 31 heavy (non-hydrogen) atoms. The highest BCUT2D eigenvalue weighted by atomic mass is 32.1. The summed E-state index contributed by atoms with van der Waals surface area (Å²) in [6.07, 6.45) is -5.86. The lowest BCUT2D eigenvalue weighted by molar-refractivity contribution is -0.115. The van der Waals surface area contributed by atoms with Crippen LogP contribution in [-0.2, 0) is 0 Å². The van der Waals surface area contributed by atoms with E-state index in [-0.39, 0.29) is 17.7 Å². The number of aryl methyl sites for hydroxylation is 1. The third kappa shape index (κ3) is 4.58. The predicted octanol–water partition coefficient (Wildman–Crippen LogP) is 3.58. The molecule has 0 unspecified atom stereocenters. The Labute approximate surface area is 180 Å². The van der Waals surface area contributed by atoms with Crippen LogP contribution >= 0.6 is 11.3 Å². The number of halogens is 3. The second kappa shape index (κ2) is 8.21. The van der Waals surface area contributed by atoms with E-state index < -0.39 is 31.0 Å². The van der Waals surface area contributed by atoms with Crippen LogP contribution in [0.25, 0.3) is 20.8 Å². The molecule has 1 aliphatic carbocycles. The fourth-order valence-electron chi connectivity index (χ4n) is 3.74. The average Bonchev–Trinajstić information content (AvgIpc) is 3.22. The fraction of sp³-hybridized carbons (Fsp3) is 0.450. The van der Waals surface area contributed by atoms with Crippen LogP contribution in [0.15, 0.2) is 24.3 Å². The average molecular weight is 453 g/mol. The molecule has 0 spiro atoms. The number of rotatable bonds is 5. The largest absolute Gasteiger partial charge is 0.405 e. The molecule has 4 atom stereocenters. The molecule has 0 bridgehead atoms. The minimum atomic E-state index is -4.42. The number of aliphatic hydroxyl groups is 2. The first kappa shape index (κ1) is 21.7. The number of hydrogen-bond donors (Lipinski definition) is 4. The summed E-state index contributed by atoms with van der Waals surface area (Å²) in [7, 11) is 0. The first-order valence-corrected chi connectivity index (χ1v) is 10.6. The van der Waals surface area contributed by atoms with Crippen molar-refractivity contribution in [3.63, 3.8) is 0 Å². The van der Waals surface area contributed by atoms with Gasteiger partial charge in [0.25, 0.3) is 0 Å². The standard InChI is InChI=1S/C20H22F3N5O2S/c1-9-7-12(16(30)15(9)29)26-17-14(18-27-11-5-3-4-6-13(11)31-18)10(2)25-19(28-17)24-8-20(21,22)23/h3-6,9,12,15-16,29-30H,7-8H2,1-2H3,(H2,24,25,26,28)/t9-,12+,15+,16-/m0/s1. The van der Waals surface area contributed by atoms with Gasteiger partial charge in [-0.05, 0) is 31.4 Å². The number of nitrogens with one attached hydrogen (secondary N) is 2. The van der Waals surface area contributed by atoms with Crippen molar-refractivity contribution in [2.24, 2.45) is 5.92 Å². The van der Waals surface area contributed by atoms with E-state index in [0.29, 0.717) is 22.7 Å². The number of para-hydroxylation sites is 1. The number of benzene rings is 1. The Morgan fingerprint density at radius 3 is 2.52 bits per heavy atom. The van der Waals surface area contributed by atoms with Gasteiger partial charge in [0.05, 0.1) is 33.6 Å². The summed E-state index contributed by atoms with van der Waals surface area (Å²) in [6, 6.07) is 7.06. The topological polar surface area (TPSA) is 103 Å². The van der Waals surface area contributed by atoms with Gasteiger partial charge in [0, 0.05) is 0 Å². The van der Waals surface area contributed by atoms with Crippen molar-refractivity contribution in [3.05, 3.63) is 30.0 Å². The number of aliphatic hydroxyl groups excluding tert-OH is 2. The fourth-order valence-corrected chi connectivity index (χ4v) is 4.81. The summed E-state index contributed by atoms with van der Waals surface area (Å²) in [4.78, 5) is 13.1. The summed E-state index contributed by atoms with van der Waals surface area (Å²) in [5.41, 5.74) is 1.79. The number of nitrogens with zero attached hydrogens (tertiary/aromatic N) is 3. The van der Waals surface area contributed by atoms with Crippen molar-refractivity contribution in [3.8, 4) is 10.6 Å². The third-order valence-electron chi connectivity index (χ3n) is 5.34. The van der Waals surface area contributed by atoms with Crippen LogP contribution in [0.4, 0.5) is 24.9 Å². The van der Waals surface area contributed by atoms with E-state index in [1.54, 1.807) is 6.92 Å². The zero-order chi connectivity index (χ0) is 22.3. The Bertz CT molecular complexity index is 1060. The number of anilines is 2. The summed E-state index contributed by atoms with van der Waals surface area (Å²) in [5, 5.41) is 26.4. The Balaban J connectivity index is 1.75. The molecule has 11 heteroatoms. The molecule has 0 aliphatic heterocycles. The van der Waals surface area contributed by atoms with E-state index in [2.05, 4.69) is 25.6 Å². The van der Waals surface area contributed by atoms with Crippen molar-refractivity contribution in [1.82, 2.24) is 15.0 Å². The molecule has 4 rings (SSSR count). The van der Waals surface area contributed by atoms with Crippen LogP contribution < -0.4 is 10.6 Å². The molecular formula is C20H22F3N5O2S. The van der Waals surface area contributed by atoms with Crippen LogP contribution in [0.3, 0.4) is 0 Å². The van der Waals surface area contributed by atoms with E-state index in [1.807, 2.05) is 31.2 Å². The maximum absolute atomic E-state index is 12.7. The van der Waals surface area contributed by atoms with Gasteiger partial charge in [-0.25, -0.2) is 9.97 Å². The Morgan fingerprint density at radius 2 is 1.87 bits per heavy atom. The summed E-state index contributed by atoms with van der Waals surface area (Å²) in [6.45, 7) is 2.23. The van der Waals surface area contributed by atoms with E-state index in [9.17, 15) is 23.4 Å². The maximum Gasteiger partial charge on any atom is 0.405 e. The SMILES string of the molecule is Cc1nc(NCC(F)(F)F)nc(N[C@@H]2C[C@H](C)[C@@H](O)[C@H]2O)c1-c1nc2ccccc2s1. The van der Waals surface area contributed by atoms with Crippen LogP contribution in [0, 0.1) is 12.8 Å². The zero-order valence-electron chi connectivity index (χ0n) is 16.8. The predicted molar refractivity (Wildman–Crippen MR) is 113 cm³/mol. The minimum absolute atomic E-state index is 0.135. The molecule has 1 aromatic carbocycles. The molecule has 0 radical (unpaired) electrons. The summed E-state index contributed by atoms with van der Waals surface area (Å²) in [5.74, 6) is -0.0472. The van der Waals surface area contributed by atoms with E-state index in [1.165, 1.54) is 11.3 Å². The normalized spacial score (nSPS) is 24.0. The highest BCUT2D eigenvalue weighted by molar-refractivity contribution is 7.21. The van der Waals surface area contributed by atoms with E-state index >= 15 is 0 Å². The van der Waals surface area contributed by atoms with Crippen molar-refractivity contribution in [2.75, 3.05) is 17.2 Å². The summed E-state index contributed by atoms with van der Waals surface area (Å²) >= 11 is 1.42. The Kier molecular flexibility index (Phi) is 5.75. The highest BCUT2D eigenvalue weighted by Crippen LogP contribution is 2.38. The van der Waals surface area contributed by atoms with Gasteiger partial charge >= 0.3 is 6.18 Å². The maximum atomic E-state index is 12.7. The van der Waals surface area contributed by atoms with Gasteiger partial charge in [-0.15, -0.1) is 11.3 Å². The second-order valence-electron chi connectivity index (χ2n) is 7.76. The lowest BCUT2D eigenvalue weighted by Crippen LogP contribution is -2.35. The molecule has 1 saturated carbocycles. The van der Waals surface area contributed by atoms with Crippen molar-refractivity contribution in [1.29, 1.82) is 0 Å². The molecule has 3 aromatic rings. The molecule has 1 fully saturated rings. The number of aromatic nitrogens is 3. The minimum Gasteiger partial charge on any atom is -0.390 e. The Hall–Kier alpha value is -2.50. The second-order valence-corrected chi connectivity index (χ2v) is 8.79. The molecular weight excluding hydrogens is 431 g/mol. The van der Waals surface area contributed by atoms with E-state index in [4.69, 9.17) is 0 Å². The molecule has 2 heterocycles. The number of alkyl halides is 3. The Morgan fingerprint density at radius 1 is 1.13 bits per heavy atom. The van der Waals surface area contributed by atoms with Gasteiger partial charge in [-0.3, -0.25) is 0 Å². The first-order valence-electron chi connectivity index (χ1n) is 9.80. The van der Waals surface area contributed by atoms with Gasteiger partial charge in [0.2, 0.25) is 5.95 Å². The van der Waals surface area contributed by atoms with Gasteiger partial charge in [0.15, 0.2) is 0 Å². The molecule has 1 aliphatic rings. The van der Waals surface area contributed by atoms with Gasteiger partial charge in [-0.2, -0.15) is 18.2 Å². The van der Waals surface area contributed by atoms with Crippen LogP contribution in [0.5, 0.6) is 0 Å². The van der Waals surface area contributed by atoms with Crippen molar-refractivity contribution in [2.45, 2.75) is 44.7 Å². The quantitative estimate of drug-likeness (QED) is 0.468. The molecule has 2 aromatic heterocycles. The zero-order valence-corrected chi connectivity index (χ0v) is 17.6. The molecule has 0 saturated heterocycles. The van der Waals surface area contributed by atoms with Crippen LogP contribution in [0.1, 0.15) is 19.0 Å². The molecule has 0 amide bonds. The van der Waals surface area contributed by atoms with Crippen LogP contribution in [0.2, 0.25) is 0 Å². The molecule has 4 N–H and O–H groups in total. The van der Waals surface area contributed by atoms with Gasteiger partial charge < -0.3 is 20.8 Å².